The van der Waals surface area contributed by atoms with E-state index in [1.807, 2.05) is 30.3 Å². The SMILES string of the molecule is COc1ccc(CN(C)C(=O)Cc2ccc3ccccc3c2)c(OC)c1OC. The minimum absolute atomic E-state index is 0.0344. The van der Waals surface area contributed by atoms with E-state index in [9.17, 15) is 4.79 Å². The zero-order valence-electron chi connectivity index (χ0n) is 16.7. The molecule has 3 rings (SSSR count). The molecule has 0 radical (unpaired) electrons. The molecule has 0 bridgehead atoms. The summed E-state index contributed by atoms with van der Waals surface area (Å²) in [5.74, 6) is 1.73. The van der Waals surface area contributed by atoms with Gasteiger partial charge < -0.3 is 19.1 Å². The minimum atomic E-state index is 0.0344. The number of nitrogens with zero attached hydrogens (tertiary/aromatic N) is 1. The van der Waals surface area contributed by atoms with Crippen LogP contribution in [0.4, 0.5) is 0 Å². The van der Waals surface area contributed by atoms with Crippen molar-refractivity contribution in [2.24, 2.45) is 0 Å². The van der Waals surface area contributed by atoms with Gasteiger partial charge in [-0.15, -0.1) is 0 Å². The smallest absolute Gasteiger partial charge is 0.227 e. The number of hydrogen-bond acceptors (Lipinski definition) is 4. The van der Waals surface area contributed by atoms with Crippen LogP contribution in [0.3, 0.4) is 0 Å². The predicted octanol–water partition coefficient (Wildman–Crippen LogP) is 4.07. The lowest BCUT2D eigenvalue weighted by atomic mass is 10.0. The fourth-order valence-electron chi connectivity index (χ4n) is 3.29. The molecule has 0 aliphatic heterocycles. The Kier molecular flexibility index (Phi) is 6.04. The second-order valence-electron chi connectivity index (χ2n) is 6.60. The standard InChI is InChI=1S/C23H25NO4/c1-24(15-19-11-12-20(26-2)23(28-4)22(19)27-3)21(25)14-16-9-10-17-7-5-6-8-18(17)13-16/h5-13H,14-15H2,1-4H3. The van der Waals surface area contributed by atoms with Gasteiger partial charge >= 0.3 is 0 Å². The van der Waals surface area contributed by atoms with E-state index in [2.05, 4.69) is 24.3 Å². The van der Waals surface area contributed by atoms with Gasteiger partial charge in [0.15, 0.2) is 11.5 Å². The fourth-order valence-corrected chi connectivity index (χ4v) is 3.29. The maximum absolute atomic E-state index is 12.8. The molecule has 28 heavy (non-hydrogen) atoms. The summed E-state index contributed by atoms with van der Waals surface area (Å²) in [5, 5.41) is 2.30. The molecule has 3 aromatic carbocycles. The van der Waals surface area contributed by atoms with Gasteiger partial charge in [-0.1, -0.05) is 42.5 Å². The average molecular weight is 379 g/mol. The minimum Gasteiger partial charge on any atom is -0.493 e. The Balaban J connectivity index is 1.76. The number of ether oxygens (including phenoxy) is 3. The van der Waals surface area contributed by atoms with Gasteiger partial charge in [0.05, 0.1) is 27.8 Å². The summed E-state index contributed by atoms with van der Waals surface area (Å²) < 4.78 is 16.3. The molecular weight excluding hydrogens is 354 g/mol. The van der Waals surface area contributed by atoms with Gasteiger partial charge in [0.2, 0.25) is 11.7 Å². The molecule has 5 nitrogen and oxygen atoms in total. The zero-order valence-corrected chi connectivity index (χ0v) is 16.7. The fraction of sp³-hybridized carbons (Fsp3) is 0.261. The lowest BCUT2D eigenvalue weighted by molar-refractivity contribution is -0.129. The van der Waals surface area contributed by atoms with E-state index in [0.29, 0.717) is 30.2 Å². The van der Waals surface area contributed by atoms with Crippen molar-refractivity contribution < 1.29 is 19.0 Å². The Morgan fingerprint density at radius 1 is 0.857 bits per heavy atom. The molecule has 146 valence electrons. The highest BCUT2D eigenvalue weighted by atomic mass is 16.5. The first kappa shape index (κ1) is 19.5. The van der Waals surface area contributed by atoms with E-state index in [0.717, 1.165) is 16.5 Å². The largest absolute Gasteiger partial charge is 0.493 e. The zero-order chi connectivity index (χ0) is 20.1. The molecule has 1 amide bonds. The number of benzene rings is 3. The van der Waals surface area contributed by atoms with Crippen molar-refractivity contribution in [1.82, 2.24) is 4.90 Å². The number of carbonyl (C=O) groups is 1. The monoisotopic (exact) mass is 379 g/mol. The lowest BCUT2D eigenvalue weighted by Crippen LogP contribution is -2.28. The number of carbonyl (C=O) groups excluding carboxylic acids is 1. The summed E-state index contributed by atoms with van der Waals surface area (Å²) >= 11 is 0. The highest BCUT2D eigenvalue weighted by molar-refractivity contribution is 5.85. The normalized spacial score (nSPS) is 10.6. The number of fused-ring (bicyclic) bond motifs is 1. The summed E-state index contributed by atoms with van der Waals surface area (Å²) in [7, 11) is 6.52. The summed E-state index contributed by atoms with van der Waals surface area (Å²) in [6.07, 6.45) is 0.344. The quantitative estimate of drug-likeness (QED) is 0.621. The van der Waals surface area contributed by atoms with Gasteiger partial charge in [-0.2, -0.15) is 0 Å². The molecule has 0 heterocycles. The van der Waals surface area contributed by atoms with E-state index < -0.39 is 0 Å². The number of rotatable bonds is 7. The first-order chi connectivity index (χ1) is 13.6. The van der Waals surface area contributed by atoms with Crippen molar-refractivity contribution in [3.8, 4) is 17.2 Å². The highest BCUT2D eigenvalue weighted by Gasteiger charge is 2.19. The molecule has 0 fully saturated rings. The molecule has 0 saturated heterocycles. The number of hydrogen-bond donors (Lipinski definition) is 0. The van der Waals surface area contributed by atoms with Gasteiger partial charge in [-0.25, -0.2) is 0 Å². The molecule has 0 saturated carbocycles. The van der Waals surface area contributed by atoms with Crippen LogP contribution in [0, 0.1) is 0 Å². The Morgan fingerprint density at radius 2 is 1.57 bits per heavy atom. The predicted molar refractivity (Wildman–Crippen MR) is 110 cm³/mol. The summed E-state index contributed by atoms with van der Waals surface area (Å²) in [4.78, 5) is 14.5. The van der Waals surface area contributed by atoms with Crippen molar-refractivity contribution in [3.05, 3.63) is 65.7 Å². The van der Waals surface area contributed by atoms with Crippen molar-refractivity contribution in [2.45, 2.75) is 13.0 Å². The second-order valence-corrected chi connectivity index (χ2v) is 6.60. The van der Waals surface area contributed by atoms with Crippen LogP contribution in [0.25, 0.3) is 10.8 Å². The molecule has 0 aliphatic carbocycles. The number of amides is 1. The maximum atomic E-state index is 12.8. The first-order valence-corrected chi connectivity index (χ1v) is 9.07. The van der Waals surface area contributed by atoms with Gasteiger partial charge in [0, 0.05) is 19.2 Å². The molecule has 0 unspecified atom stereocenters. The Morgan fingerprint density at radius 3 is 2.25 bits per heavy atom. The molecule has 0 atom stereocenters. The third-order valence-electron chi connectivity index (χ3n) is 4.79. The van der Waals surface area contributed by atoms with Crippen molar-refractivity contribution in [2.75, 3.05) is 28.4 Å². The topological polar surface area (TPSA) is 48.0 Å². The van der Waals surface area contributed by atoms with Gasteiger partial charge in [0.1, 0.15) is 0 Å². The number of methoxy groups -OCH3 is 3. The van der Waals surface area contributed by atoms with Crippen LogP contribution in [0.15, 0.2) is 54.6 Å². The van der Waals surface area contributed by atoms with Crippen LogP contribution in [0.1, 0.15) is 11.1 Å². The van der Waals surface area contributed by atoms with E-state index in [1.54, 1.807) is 33.3 Å². The first-order valence-electron chi connectivity index (χ1n) is 9.07. The van der Waals surface area contributed by atoms with Crippen molar-refractivity contribution >= 4 is 16.7 Å². The van der Waals surface area contributed by atoms with Crippen molar-refractivity contribution in [3.63, 3.8) is 0 Å². The second kappa shape index (κ2) is 8.65. The lowest BCUT2D eigenvalue weighted by Gasteiger charge is -2.21. The van der Waals surface area contributed by atoms with Crippen molar-refractivity contribution in [1.29, 1.82) is 0 Å². The summed E-state index contributed by atoms with van der Waals surface area (Å²) in [6, 6.07) is 18.0. The molecule has 0 aliphatic rings. The van der Waals surface area contributed by atoms with E-state index in [-0.39, 0.29) is 5.91 Å². The molecule has 3 aromatic rings. The molecular formula is C23H25NO4. The van der Waals surface area contributed by atoms with E-state index in [1.165, 1.54) is 5.39 Å². The van der Waals surface area contributed by atoms with Gasteiger partial charge in [-0.3, -0.25) is 4.79 Å². The van der Waals surface area contributed by atoms with Crippen LogP contribution >= 0.6 is 0 Å². The Hall–Kier alpha value is -3.21. The third-order valence-corrected chi connectivity index (χ3v) is 4.79. The number of likely N-dealkylation sites (N-methyl/N-ethyl adjacent to an activating group) is 1. The van der Waals surface area contributed by atoms with Crippen LogP contribution in [0.5, 0.6) is 17.2 Å². The van der Waals surface area contributed by atoms with E-state index in [4.69, 9.17) is 14.2 Å². The molecule has 0 spiro atoms. The highest BCUT2D eigenvalue weighted by Crippen LogP contribution is 2.40. The Labute approximate surface area is 165 Å². The summed E-state index contributed by atoms with van der Waals surface area (Å²) in [6.45, 7) is 0.413. The van der Waals surface area contributed by atoms with Crippen LogP contribution in [-0.2, 0) is 17.8 Å². The van der Waals surface area contributed by atoms with Gasteiger partial charge in [-0.05, 0) is 28.5 Å². The Bertz CT molecular complexity index is 983. The molecule has 0 N–H and O–H groups in total. The van der Waals surface area contributed by atoms with Crippen LogP contribution in [0.2, 0.25) is 0 Å². The van der Waals surface area contributed by atoms with Crippen LogP contribution < -0.4 is 14.2 Å². The molecule has 0 aromatic heterocycles. The third kappa shape index (κ3) is 4.03. The van der Waals surface area contributed by atoms with E-state index >= 15 is 0 Å². The summed E-state index contributed by atoms with van der Waals surface area (Å²) in [5.41, 5.74) is 1.85. The average Bonchev–Trinajstić information content (AvgIpc) is 2.72. The maximum Gasteiger partial charge on any atom is 0.227 e. The van der Waals surface area contributed by atoms with Gasteiger partial charge in [0.25, 0.3) is 0 Å². The van der Waals surface area contributed by atoms with Crippen LogP contribution in [-0.4, -0.2) is 39.2 Å². The molecule has 5 heteroatoms.